The number of rotatable bonds is 6. The van der Waals surface area contributed by atoms with Crippen LogP contribution in [0.4, 0.5) is 10.2 Å². The fourth-order valence-electron chi connectivity index (χ4n) is 1.20. The summed E-state index contributed by atoms with van der Waals surface area (Å²) in [6.45, 7) is 4.19. The molecular formula is C11H17FN2S. The van der Waals surface area contributed by atoms with Gasteiger partial charge in [0.05, 0.1) is 0 Å². The number of nitrogens with zero attached hydrogens (tertiary/aromatic N) is 1. The molecule has 1 aromatic rings. The van der Waals surface area contributed by atoms with E-state index in [-0.39, 0.29) is 11.9 Å². The highest BCUT2D eigenvalue weighted by atomic mass is 32.2. The van der Waals surface area contributed by atoms with Gasteiger partial charge < -0.3 is 5.32 Å². The molecule has 0 saturated heterocycles. The van der Waals surface area contributed by atoms with E-state index in [0.717, 1.165) is 17.9 Å². The smallest absolute Gasteiger partial charge is 0.165 e. The number of nitrogens with one attached hydrogen (secondary N) is 1. The van der Waals surface area contributed by atoms with Gasteiger partial charge in [-0.25, -0.2) is 9.37 Å². The molecule has 1 rings (SSSR count). The molecule has 4 heteroatoms. The Bertz CT molecular complexity index is 294. The third-order valence-corrected chi connectivity index (χ3v) is 2.97. The molecule has 0 saturated carbocycles. The van der Waals surface area contributed by atoms with Crippen molar-refractivity contribution in [3.8, 4) is 0 Å². The molecule has 1 aromatic heterocycles. The summed E-state index contributed by atoms with van der Waals surface area (Å²) in [6.07, 6.45) is 2.62. The summed E-state index contributed by atoms with van der Waals surface area (Å²) in [5.74, 6) is 2.29. The van der Waals surface area contributed by atoms with Gasteiger partial charge in [0.25, 0.3) is 0 Å². The molecule has 15 heavy (non-hydrogen) atoms. The van der Waals surface area contributed by atoms with E-state index < -0.39 is 0 Å². The average Bonchev–Trinajstić information content (AvgIpc) is 2.22. The first-order valence-electron chi connectivity index (χ1n) is 5.18. The fraction of sp³-hybridized carbons (Fsp3) is 0.545. The van der Waals surface area contributed by atoms with E-state index in [1.807, 2.05) is 18.7 Å². The van der Waals surface area contributed by atoms with Crippen molar-refractivity contribution in [1.29, 1.82) is 0 Å². The van der Waals surface area contributed by atoms with Crippen molar-refractivity contribution >= 4 is 17.6 Å². The first kappa shape index (κ1) is 12.3. The molecule has 0 aliphatic carbocycles. The van der Waals surface area contributed by atoms with Crippen molar-refractivity contribution < 1.29 is 4.39 Å². The predicted octanol–water partition coefficient (Wildman–Crippen LogP) is 3.16. The van der Waals surface area contributed by atoms with Crippen LogP contribution in [0, 0.1) is 5.82 Å². The van der Waals surface area contributed by atoms with Gasteiger partial charge in [0.15, 0.2) is 11.6 Å². The summed E-state index contributed by atoms with van der Waals surface area (Å²) in [4.78, 5) is 3.95. The molecule has 0 radical (unpaired) electrons. The van der Waals surface area contributed by atoms with Crippen LogP contribution >= 0.6 is 11.8 Å². The quantitative estimate of drug-likeness (QED) is 0.757. The Hall–Kier alpha value is -0.770. The first-order valence-corrected chi connectivity index (χ1v) is 6.34. The lowest BCUT2D eigenvalue weighted by molar-refractivity contribution is 0.618. The predicted molar refractivity (Wildman–Crippen MR) is 64.9 cm³/mol. The van der Waals surface area contributed by atoms with Crippen LogP contribution in [0.15, 0.2) is 18.3 Å². The summed E-state index contributed by atoms with van der Waals surface area (Å²) in [5.41, 5.74) is 0. The summed E-state index contributed by atoms with van der Waals surface area (Å²) < 4.78 is 13.2. The van der Waals surface area contributed by atoms with E-state index >= 15 is 0 Å². The number of pyridine rings is 1. The molecule has 2 nitrogen and oxygen atoms in total. The zero-order valence-corrected chi connectivity index (χ0v) is 9.98. The summed E-state index contributed by atoms with van der Waals surface area (Å²) in [7, 11) is 0. The third-order valence-electron chi connectivity index (χ3n) is 2.04. The highest BCUT2D eigenvalue weighted by molar-refractivity contribution is 7.99. The van der Waals surface area contributed by atoms with Crippen LogP contribution in [-0.4, -0.2) is 22.5 Å². The van der Waals surface area contributed by atoms with Crippen LogP contribution in [0.1, 0.15) is 20.3 Å². The lowest BCUT2D eigenvalue weighted by atomic mass is 10.2. The second-order valence-electron chi connectivity index (χ2n) is 3.36. The normalized spacial score (nSPS) is 12.5. The minimum atomic E-state index is -0.285. The van der Waals surface area contributed by atoms with Gasteiger partial charge in [-0.05, 0) is 37.0 Å². The Kier molecular flexibility index (Phi) is 5.47. The molecular weight excluding hydrogens is 211 g/mol. The number of anilines is 1. The minimum absolute atomic E-state index is 0.258. The van der Waals surface area contributed by atoms with Crippen LogP contribution in [0.5, 0.6) is 0 Å². The largest absolute Gasteiger partial charge is 0.365 e. The lowest BCUT2D eigenvalue weighted by Crippen LogP contribution is -2.17. The van der Waals surface area contributed by atoms with E-state index in [0.29, 0.717) is 5.82 Å². The Morgan fingerprint density at radius 2 is 2.40 bits per heavy atom. The standard InChI is InChI=1S/C11H17FN2S/c1-3-15-8-6-9(2)14-11-10(12)5-4-7-13-11/h4-5,7,9H,3,6,8H2,1-2H3,(H,13,14). The number of hydrogen-bond acceptors (Lipinski definition) is 3. The summed E-state index contributed by atoms with van der Waals surface area (Å²) in [6, 6.07) is 3.27. The van der Waals surface area contributed by atoms with Gasteiger partial charge in [0.1, 0.15) is 0 Å². The van der Waals surface area contributed by atoms with Crippen LogP contribution in [0.3, 0.4) is 0 Å². The minimum Gasteiger partial charge on any atom is -0.365 e. The monoisotopic (exact) mass is 228 g/mol. The number of hydrogen-bond donors (Lipinski definition) is 1. The molecule has 0 aromatic carbocycles. The molecule has 0 amide bonds. The van der Waals surface area contributed by atoms with Gasteiger partial charge in [-0.2, -0.15) is 11.8 Å². The average molecular weight is 228 g/mol. The van der Waals surface area contributed by atoms with Gasteiger partial charge in [0.2, 0.25) is 0 Å². The van der Waals surface area contributed by atoms with Gasteiger partial charge in [0, 0.05) is 12.2 Å². The first-order chi connectivity index (χ1) is 7.24. The SMILES string of the molecule is CCSCCC(C)Nc1ncccc1F. The Morgan fingerprint density at radius 3 is 3.07 bits per heavy atom. The van der Waals surface area contributed by atoms with Crippen molar-refractivity contribution in [3.05, 3.63) is 24.1 Å². The molecule has 0 bridgehead atoms. The van der Waals surface area contributed by atoms with Gasteiger partial charge in [-0.15, -0.1) is 0 Å². The maximum atomic E-state index is 13.2. The summed E-state index contributed by atoms with van der Waals surface area (Å²) in [5, 5.41) is 3.07. The number of halogens is 1. The maximum absolute atomic E-state index is 13.2. The highest BCUT2D eigenvalue weighted by Crippen LogP contribution is 2.12. The van der Waals surface area contributed by atoms with Crippen molar-refractivity contribution in [2.24, 2.45) is 0 Å². The number of aromatic nitrogens is 1. The van der Waals surface area contributed by atoms with E-state index in [1.54, 1.807) is 12.3 Å². The zero-order chi connectivity index (χ0) is 11.1. The molecule has 1 N–H and O–H groups in total. The van der Waals surface area contributed by atoms with E-state index in [4.69, 9.17) is 0 Å². The molecule has 1 atom stereocenters. The molecule has 1 unspecified atom stereocenters. The van der Waals surface area contributed by atoms with Gasteiger partial charge in [-0.3, -0.25) is 0 Å². The highest BCUT2D eigenvalue weighted by Gasteiger charge is 2.06. The third kappa shape index (κ3) is 4.51. The summed E-state index contributed by atoms with van der Waals surface area (Å²) >= 11 is 1.90. The molecule has 0 aliphatic heterocycles. The van der Waals surface area contributed by atoms with E-state index in [9.17, 15) is 4.39 Å². The Labute approximate surface area is 94.7 Å². The molecule has 0 aliphatic rings. The van der Waals surface area contributed by atoms with Gasteiger partial charge in [-0.1, -0.05) is 6.92 Å². The Balaban J connectivity index is 2.37. The number of thioether (sulfide) groups is 1. The molecule has 0 fully saturated rings. The molecule has 1 heterocycles. The molecule has 84 valence electrons. The second-order valence-corrected chi connectivity index (χ2v) is 4.76. The van der Waals surface area contributed by atoms with E-state index in [1.165, 1.54) is 6.07 Å². The van der Waals surface area contributed by atoms with Gasteiger partial charge >= 0.3 is 0 Å². The van der Waals surface area contributed by atoms with Crippen molar-refractivity contribution in [1.82, 2.24) is 4.98 Å². The lowest BCUT2D eigenvalue weighted by Gasteiger charge is -2.14. The van der Waals surface area contributed by atoms with E-state index in [2.05, 4.69) is 17.2 Å². The van der Waals surface area contributed by atoms with Crippen molar-refractivity contribution in [2.75, 3.05) is 16.8 Å². The van der Waals surface area contributed by atoms with Crippen molar-refractivity contribution in [3.63, 3.8) is 0 Å². The van der Waals surface area contributed by atoms with Crippen LogP contribution < -0.4 is 5.32 Å². The van der Waals surface area contributed by atoms with Crippen LogP contribution in [-0.2, 0) is 0 Å². The van der Waals surface area contributed by atoms with Crippen LogP contribution in [0.2, 0.25) is 0 Å². The van der Waals surface area contributed by atoms with Crippen molar-refractivity contribution in [2.45, 2.75) is 26.3 Å². The zero-order valence-electron chi connectivity index (χ0n) is 9.16. The Morgan fingerprint density at radius 1 is 1.60 bits per heavy atom. The topological polar surface area (TPSA) is 24.9 Å². The fourth-order valence-corrected chi connectivity index (χ4v) is 2.01. The second kappa shape index (κ2) is 6.67. The maximum Gasteiger partial charge on any atom is 0.165 e. The molecule has 0 spiro atoms. The van der Waals surface area contributed by atoms with Crippen LogP contribution in [0.25, 0.3) is 0 Å².